The summed E-state index contributed by atoms with van der Waals surface area (Å²) in [6, 6.07) is 8.37. The van der Waals surface area contributed by atoms with Crippen LogP contribution in [0.25, 0.3) is 0 Å². The van der Waals surface area contributed by atoms with Crippen molar-refractivity contribution < 1.29 is 4.79 Å². The van der Waals surface area contributed by atoms with Crippen molar-refractivity contribution in [2.45, 2.75) is 38.8 Å². The summed E-state index contributed by atoms with van der Waals surface area (Å²) in [6.07, 6.45) is 2.14. The first-order valence-electron chi connectivity index (χ1n) is 6.02. The number of hydrazine groups is 1. The van der Waals surface area contributed by atoms with Crippen molar-refractivity contribution in [3.8, 4) is 0 Å². The Morgan fingerprint density at radius 2 is 2.24 bits per heavy atom. The van der Waals surface area contributed by atoms with Crippen molar-refractivity contribution in [1.82, 2.24) is 5.43 Å². The molecular formula is C13H19N3O. The maximum atomic E-state index is 11.7. The van der Waals surface area contributed by atoms with Gasteiger partial charge in [-0.3, -0.25) is 10.2 Å². The van der Waals surface area contributed by atoms with Crippen molar-refractivity contribution in [2.75, 3.05) is 4.90 Å². The fourth-order valence-corrected chi connectivity index (χ4v) is 2.55. The van der Waals surface area contributed by atoms with E-state index in [-0.39, 0.29) is 11.9 Å². The lowest BCUT2D eigenvalue weighted by atomic mass is 9.95. The zero-order valence-electron chi connectivity index (χ0n) is 10.3. The van der Waals surface area contributed by atoms with E-state index in [1.165, 1.54) is 5.56 Å². The molecule has 0 bridgehead atoms. The highest BCUT2D eigenvalue weighted by atomic mass is 16.2. The molecular weight excluding hydrogens is 214 g/mol. The van der Waals surface area contributed by atoms with E-state index in [0.717, 1.165) is 18.5 Å². The third kappa shape index (κ3) is 2.13. The zero-order valence-corrected chi connectivity index (χ0v) is 10.3. The number of anilines is 1. The van der Waals surface area contributed by atoms with Crippen molar-refractivity contribution >= 4 is 11.6 Å². The normalized spacial score (nSPS) is 20.6. The molecule has 4 nitrogen and oxygen atoms in total. The number of aryl methyl sites for hydroxylation is 1. The molecule has 0 saturated carbocycles. The van der Waals surface area contributed by atoms with Gasteiger partial charge >= 0.3 is 0 Å². The third-order valence-corrected chi connectivity index (χ3v) is 3.52. The monoisotopic (exact) mass is 233 g/mol. The molecule has 17 heavy (non-hydrogen) atoms. The van der Waals surface area contributed by atoms with Gasteiger partial charge in [-0.05, 0) is 38.3 Å². The molecule has 0 aromatic heterocycles. The summed E-state index contributed by atoms with van der Waals surface area (Å²) in [5, 5.41) is 0. The van der Waals surface area contributed by atoms with Gasteiger partial charge in [-0.2, -0.15) is 0 Å². The van der Waals surface area contributed by atoms with Crippen LogP contribution in [0.1, 0.15) is 25.8 Å². The molecule has 0 radical (unpaired) electrons. The van der Waals surface area contributed by atoms with E-state index in [1.54, 1.807) is 0 Å². The lowest BCUT2D eigenvalue weighted by Crippen LogP contribution is -2.52. The molecule has 1 amide bonds. The smallest absolute Gasteiger partial charge is 0.256 e. The average Bonchev–Trinajstić information content (AvgIpc) is 2.37. The largest absolute Gasteiger partial charge is 0.357 e. The summed E-state index contributed by atoms with van der Waals surface area (Å²) in [7, 11) is 0. The van der Waals surface area contributed by atoms with Crippen LogP contribution in [0.15, 0.2) is 24.3 Å². The Morgan fingerprint density at radius 1 is 1.53 bits per heavy atom. The number of benzene rings is 1. The molecule has 2 atom stereocenters. The van der Waals surface area contributed by atoms with Gasteiger partial charge in [0.25, 0.3) is 5.91 Å². The number of carbonyl (C=O) groups excluding carboxylic acids is 1. The van der Waals surface area contributed by atoms with E-state index in [2.05, 4.69) is 29.4 Å². The minimum absolute atomic E-state index is 0.145. The standard InChI is InChI=1S/C13H19N3O/c1-9-7-8-11-5-3-4-6-12(11)16(9)10(2)13(17)15-14/h3-6,9-10H,7-8,14H2,1-2H3,(H,15,17). The van der Waals surface area contributed by atoms with Crippen LogP contribution in [-0.4, -0.2) is 18.0 Å². The second-order valence-corrected chi connectivity index (χ2v) is 4.61. The predicted molar refractivity (Wildman–Crippen MR) is 68.5 cm³/mol. The van der Waals surface area contributed by atoms with Crippen LogP contribution < -0.4 is 16.2 Å². The van der Waals surface area contributed by atoms with Crippen LogP contribution in [0.4, 0.5) is 5.69 Å². The minimum Gasteiger partial charge on any atom is -0.357 e. The zero-order chi connectivity index (χ0) is 12.4. The topological polar surface area (TPSA) is 58.4 Å². The highest BCUT2D eigenvalue weighted by Gasteiger charge is 2.29. The number of amides is 1. The Labute approximate surface area is 102 Å². The molecule has 2 unspecified atom stereocenters. The Kier molecular flexibility index (Phi) is 3.33. The quantitative estimate of drug-likeness (QED) is 0.458. The van der Waals surface area contributed by atoms with E-state index in [9.17, 15) is 4.79 Å². The molecule has 4 heteroatoms. The first kappa shape index (κ1) is 11.9. The number of carbonyl (C=O) groups is 1. The van der Waals surface area contributed by atoms with Crippen molar-refractivity contribution in [3.63, 3.8) is 0 Å². The molecule has 92 valence electrons. The fraction of sp³-hybridized carbons (Fsp3) is 0.462. The number of nitrogens with one attached hydrogen (secondary N) is 1. The van der Waals surface area contributed by atoms with Gasteiger partial charge in [0.05, 0.1) is 0 Å². The van der Waals surface area contributed by atoms with E-state index >= 15 is 0 Å². The Bertz CT molecular complexity index is 419. The van der Waals surface area contributed by atoms with Crippen LogP contribution in [0, 0.1) is 0 Å². The van der Waals surface area contributed by atoms with E-state index in [1.807, 2.05) is 19.1 Å². The number of para-hydroxylation sites is 1. The number of fused-ring (bicyclic) bond motifs is 1. The summed E-state index contributed by atoms with van der Waals surface area (Å²) < 4.78 is 0. The summed E-state index contributed by atoms with van der Waals surface area (Å²) in [5.41, 5.74) is 4.70. The number of hydrogen-bond donors (Lipinski definition) is 2. The highest BCUT2D eigenvalue weighted by Crippen LogP contribution is 2.31. The average molecular weight is 233 g/mol. The molecule has 1 heterocycles. The van der Waals surface area contributed by atoms with Crippen LogP contribution >= 0.6 is 0 Å². The molecule has 3 N–H and O–H groups in total. The fourth-order valence-electron chi connectivity index (χ4n) is 2.55. The molecule has 1 aromatic rings. The first-order chi connectivity index (χ1) is 8.15. The van der Waals surface area contributed by atoms with E-state index in [4.69, 9.17) is 5.84 Å². The predicted octanol–water partition coefficient (Wildman–Crippen LogP) is 1.21. The molecule has 0 saturated heterocycles. The lowest BCUT2D eigenvalue weighted by molar-refractivity contribution is -0.122. The molecule has 1 aliphatic heterocycles. The molecule has 1 aromatic carbocycles. The second kappa shape index (κ2) is 4.75. The van der Waals surface area contributed by atoms with Gasteiger partial charge in [0.15, 0.2) is 0 Å². The maximum absolute atomic E-state index is 11.7. The highest BCUT2D eigenvalue weighted by molar-refractivity contribution is 5.85. The summed E-state index contributed by atoms with van der Waals surface area (Å²) in [5.74, 6) is 5.07. The van der Waals surface area contributed by atoms with Gasteiger partial charge in [-0.25, -0.2) is 5.84 Å². The SMILES string of the molecule is CC1CCc2ccccc2N1C(C)C(=O)NN. The first-order valence-corrected chi connectivity index (χ1v) is 6.02. The molecule has 0 spiro atoms. The van der Waals surface area contributed by atoms with Gasteiger partial charge in [-0.15, -0.1) is 0 Å². The maximum Gasteiger partial charge on any atom is 0.256 e. The van der Waals surface area contributed by atoms with Crippen LogP contribution in [0.2, 0.25) is 0 Å². The van der Waals surface area contributed by atoms with Crippen molar-refractivity contribution in [2.24, 2.45) is 5.84 Å². The number of hydrogen-bond acceptors (Lipinski definition) is 3. The van der Waals surface area contributed by atoms with Crippen LogP contribution in [0.5, 0.6) is 0 Å². The van der Waals surface area contributed by atoms with Gasteiger partial charge in [0.2, 0.25) is 0 Å². The lowest BCUT2D eigenvalue weighted by Gasteiger charge is -2.40. The molecule has 0 aliphatic carbocycles. The van der Waals surface area contributed by atoms with Gasteiger partial charge in [0, 0.05) is 11.7 Å². The van der Waals surface area contributed by atoms with Crippen LogP contribution in [-0.2, 0) is 11.2 Å². The summed E-state index contributed by atoms with van der Waals surface area (Å²) in [4.78, 5) is 13.8. The van der Waals surface area contributed by atoms with Crippen molar-refractivity contribution in [1.29, 1.82) is 0 Å². The van der Waals surface area contributed by atoms with Gasteiger partial charge < -0.3 is 4.90 Å². The van der Waals surface area contributed by atoms with E-state index in [0.29, 0.717) is 6.04 Å². The van der Waals surface area contributed by atoms with Crippen LogP contribution in [0.3, 0.4) is 0 Å². The van der Waals surface area contributed by atoms with Gasteiger partial charge in [0.1, 0.15) is 6.04 Å². The summed E-state index contributed by atoms with van der Waals surface area (Å²) >= 11 is 0. The van der Waals surface area contributed by atoms with Crippen molar-refractivity contribution in [3.05, 3.63) is 29.8 Å². The number of nitrogens with zero attached hydrogens (tertiary/aromatic N) is 1. The second-order valence-electron chi connectivity index (χ2n) is 4.61. The molecule has 2 rings (SSSR count). The number of nitrogens with two attached hydrogens (primary N) is 1. The Morgan fingerprint density at radius 3 is 2.94 bits per heavy atom. The minimum atomic E-state index is -0.239. The molecule has 1 aliphatic rings. The molecule has 0 fully saturated rings. The third-order valence-electron chi connectivity index (χ3n) is 3.52. The Balaban J connectivity index is 2.35. The number of rotatable bonds is 2. The van der Waals surface area contributed by atoms with Gasteiger partial charge in [-0.1, -0.05) is 18.2 Å². The van der Waals surface area contributed by atoms with E-state index < -0.39 is 0 Å². The Hall–Kier alpha value is -1.55. The summed E-state index contributed by atoms with van der Waals surface area (Å²) in [6.45, 7) is 4.04.